The largest absolute Gasteiger partial charge is 0.417 e. The van der Waals surface area contributed by atoms with E-state index in [1.54, 1.807) is 13.8 Å². The maximum Gasteiger partial charge on any atom is 0.417 e. The number of aliphatic hydroxyl groups is 1. The zero-order chi connectivity index (χ0) is 11.1. The quantitative estimate of drug-likeness (QED) is 0.756. The Kier molecular flexibility index (Phi) is 2.65. The number of carbonyl (C=O) groups excluding carboxylic acids is 1. The first kappa shape index (κ1) is 11.5. The Morgan fingerprint density at radius 1 is 1.43 bits per heavy atom. The topological polar surface area (TPSA) is 37.3 Å². The Bertz CT molecular complexity index is 239. The third kappa shape index (κ3) is 1.78. The van der Waals surface area contributed by atoms with Gasteiger partial charge in [0, 0.05) is 11.8 Å². The van der Waals surface area contributed by atoms with Gasteiger partial charge in [-0.25, -0.2) is 0 Å². The van der Waals surface area contributed by atoms with Gasteiger partial charge in [0.15, 0.2) is 5.60 Å². The molecule has 1 saturated carbocycles. The van der Waals surface area contributed by atoms with E-state index in [4.69, 9.17) is 5.11 Å². The van der Waals surface area contributed by atoms with Gasteiger partial charge in [-0.05, 0) is 12.8 Å². The number of rotatable bonds is 2. The minimum Gasteiger partial charge on any atom is -0.380 e. The molecule has 0 atom stereocenters. The fraction of sp³-hybridized carbons (Fsp3) is 0.889. The van der Waals surface area contributed by atoms with Crippen molar-refractivity contribution < 1.29 is 23.1 Å². The van der Waals surface area contributed by atoms with E-state index < -0.39 is 30.5 Å². The maximum absolute atomic E-state index is 12.2. The summed E-state index contributed by atoms with van der Waals surface area (Å²) in [6, 6.07) is 0. The molecule has 82 valence electrons. The van der Waals surface area contributed by atoms with Crippen LogP contribution in [0.1, 0.15) is 26.7 Å². The van der Waals surface area contributed by atoms with E-state index in [9.17, 15) is 18.0 Å². The number of halogens is 3. The first-order valence-electron chi connectivity index (χ1n) is 4.50. The van der Waals surface area contributed by atoms with Crippen molar-refractivity contribution in [3.63, 3.8) is 0 Å². The maximum atomic E-state index is 12.2. The van der Waals surface area contributed by atoms with E-state index in [1.165, 1.54) is 0 Å². The molecule has 14 heavy (non-hydrogen) atoms. The number of carbonyl (C=O) groups is 1. The second-order valence-corrected chi connectivity index (χ2v) is 4.19. The van der Waals surface area contributed by atoms with Crippen molar-refractivity contribution in [2.45, 2.75) is 38.5 Å². The number of hydrogen-bond donors (Lipinski definition) is 1. The monoisotopic (exact) mass is 210 g/mol. The minimum absolute atomic E-state index is 0.195. The molecule has 1 N–H and O–H groups in total. The number of Topliss-reactive ketones (excluding diaryl/α,β-unsaturated/α-hetero) is 1. The predicted octanol–water partition coefficient (Wildman–Crippen LogP) is 1.91. The Morgan fingerprint density at radius 3 is 2.14 bits per heavy atom. The first-order chi connectivity index (χ1) is 6.17. The second kappa shape index (κ2) is 3.22. The lowest BCUT2D eigenvalue weighted by molar-refractivity contribution is -0.296. The van der Waals surface area contributed by atoms with Crippen LogP contribution in [0.15, 0.2) is 0 Å². The van der Waals surface area contributed by atoms with Crippen molar-refractivity contribution in [2.75, 3.05) is 0 Å². The second-order valence-electron chi connectivity index (χ2n) is 4.19. The Labute approximate surface area is 80.1 Å². The van der Waals surface area contributed by atoms with Crippen molar-refractivity contribution in [2.24, 2.45) is 11.8 Å². The van der Waals surface area contributed by atoms with E-state index in [0.717, 1.165) is 0 Å². The summed E-state index contributed by atoms with van der Waals surface area (Å²) >= 11 is 0. The van der Waals surface area contributed by atoms with Gasteiger partial charge in [-0.3, -0.25) is 4.79 Å². The molecule has 0 saturated heterocycles. The molecular weight excluding hydrogens is 197 g/mol. The summed E-state index contributed by atoms with van der Waals surface area (Å²) in [5.41, 5.74) is -2.62. The molecule has 0 heterocycles. The molecule has 0 aromatic carbocycles. The predicted molar refractivity (Wildman–Crippen MR) is 43.6 cm³/mol. The van der Waals surface area contributed by atoms with Crippen molar-refractivity contribution in [3.8, 4) is 0 Å². The summed E-state index contributed by atoms with van der Waals surface area (Å²) < 4.78 is 36.5. The van der Waals surface area contributed by atoms with Gasteiger partial charge in [0.1, 0.15) is 5.78 Å². The lowest BCUT2D eigenvalue weighted by atomic mass is 9.67. The molecule has 0 unspecified atom stereocenters. The van der Waals surface area contributed by atoms with Gasteiger partial charge in [-0.15, -0.1) is 0 Å². The minimum atomic E-state index is -4.61. The van der Waals surface area contributed by atoms with Crippen molar-refractivity contribution in [1.29, 1.82) is 0 Å². The van der Waals surface area contributed by atoms with Crippen molar-refractivity contribution in [1.82, 2.24) is 0 Å². The molecule has 0 bridgehead atoms. The molecule has 1 aliphatic rings. The summed E-state index contributed by atoms with van der Waals surface area (Å²) in [6.07, 6.45) is -5.57. The zero-order valence-corrected chi connectivity index (χ0v) is 8.06. The highest BCUT2D eigenvalue weighted by atomic mass is 19.4. The van der Waals surface area contributed by atoms with Crippen LogP contribution in [0.25, 0.3) is 0 Å². The Hall–Kier alpha value is -0.580. The summed E-state index contributed by atoms with van der Waals surface area (Å²) in [6.45, 7) is 3.29. The van der Waals surface area contributed by atoms with Crippen LogP contribution >= 0.6 is 0 Å². The Balaban J connectivity index is 2.55. The average molecular weight is 210 g/mol. The normalized spacial score (nSPS) is 32.9. The summed E-state index contributed by atoms with van der Waals surface area (Å²) in [4.78, 5) is 11.3. The molecule has 1 aliphatic carbocycles. The molecule has 0 aliphatic heterocycles. The van der Waals surface area contributed by atoms with Gasteiger partial charge in [-0.2, -0.15) is 13.2 Å². The third-order valence-corrected chi connectivity index (χ3v) is 2.67. The number of alkyl halides is 3. The van der Waals surface area contributed by atoms with Crippen LogP contribution in [0.3, 0.4) is 0 Å². The standard InChI is InChI=1S/C9H13F3O2/c1-5(2)7(13)6-3-8(14,4-6)9(10,11)12/h5-6,14H,3-4H2,1-2H3. The van der Waals surface area contributed by atoms with Crippen LogP contribution in [0, 0.1) is 11.8 Å². The van der Waals surface area contributed by atoms with E-state index in [1.807, 2.05) is 0 Å². The van der Waals surface area contributed by atoms with Crippen LogP contribution in [0.4, 0.5) is 13.2 Å². The molecule has 5 heteroatoms. The lowest BCUT2D eigenvalue weighted by Crippen LogP contribution is -2.57. The van der Waals surface area contributed by atoms with Gasteiger partial charge in [0.25, 0.3) is 0 Å². The lowest BCUT2D eigenvalue weighted by Gasteiger charge is -2.44. The van der Waals surface area contributed by atoms with Gasteiger partial charge < -0.3 is 5.11 Å². The molecular formula is C9H13F3O2. The van der Waals surface area contributed by atoms with Gasteiger partial charge >= 0.3 is 6.18 Å². The third-order valence-electron chi connectivity index (χ3n) is 2.67. The van der Waals surface area contributed by atoms with Gasteiger partial charge in [0.05, 0.1) is 0 Å². The molecule has 0 spiro atoms. The van der Waals surface area contributed by atoms with Crippen LogP contribution in [0.5, 0.6) is 0 Å². The summed E-state index contributed by atoms with van der Waals surface area (Å²) in [5, 5.41) is 9.07. The highest BCUT2D eigenvalue weighted by molar-refractivity contribution is 5.84. The van der Waals surface area contributed by atoms with Crippen LogP contribution in [0.2, 0.25) is 0 Å². The molecule has 1 fully saturated rings. The molecule has 1 rings (SSSR count). The highest BCUT2D eigenvalue weighted by Gasteiger charge is 2.62. The molecule has 0 amide bonds. The molecule has 0 aromatic heterocycles. The average Bonchev–Trinajstić information content (AvgIpc) is 1.94. The van der Waals surface area contributed by atoms with E-state index in [0.29, 0.717) is 0 Å². The first-order valence-corrected chi connectivity index (χ1v) is 4.50. The van der Waals surface area contributed by atoms with Crippen molar-refractivity contribution in [3.05, 3.63) is 0 Å². The van der Waals surface area contributed by atoms with Crippen LogP contribution < -0.4 is 0 Å². The fourth-order valence-electron chi connectivity index (χ4n) is 1.66. The molecule has 2 nitrogen and oxygen atoms in total. The van der Waals surface area contributed by atoms with Crippen molar-refractivity contribution >= 4 is 5.78 Å². The van der Waals surface area contributed by atoms with Gasteiger partial charge in [-0.1, -0.05) is 13.8 Å². The fourth-order valence-corrected chi connectivity index (χ4v) is 1.66. The van der Waals surface area contributed by atoms with Gasteiger partial charge in [0.2, 0.25) is 0 Å². The summed E-state index contributed by atoms with van der Waals surface area (Å²) in [7, 11) is 0. The Morgan fingerprint density at radius 2 is 1.86 bits per heavy atom. The number of hydrogen-bond acceptors (Lipinski definition) is 2. The number of ketones is 1. The highest BCUT2D eigenvalue weighted by Crippen LogP contribution is 2.49. The molecule has 0 aromatic rings. The smallest absolute Gasteiger partial charge is 0.380 e. The van der Waals surface area contributed by atoms with E-state index >= 15 is 0 Å². The SMILES string of the molecule is CC(C)C(=O)C1CC(O)(C(F)(F)F)C1. The van der Waals surface area contributed by atoms with E-state index in [2.05, 4.69) is 0 Å². The molecule has 0 radical (unpaired) electrons. The zero-order valence-electron chi connectivity index (χ0n) is 8.06. The van der Waals surface area contributed by atoms with Crippen LogP contribution in [-0.4, -0.2) is 22.7 Å². The van der Waals surface area contributed by atoms with E-state index in [-0.39, 0.29) is 11.7 Å². The van der Waals surface area contributed by atoms with Crippen LogP contribution in [-0.2, 0) is 4.79 Å². The summed E-state index contributed by atoms with van der Waals surface area (Å²) in [5.74, 6) is -1.08.